The highest BCUT2D eigenvalue weighted by Gasteiger charge is 2.50. The molecule has 4 aliphatic rings. The molecule has 4 aliphatic heterocycles. The summed E-state index contributed by atoms with van der Waals surface area (Å²) in [4.78, 5) is 40.3. The average molecular weight is 693 g/mol. The van der Waals surface area contributed by atoms with Crippen LogP contribution in [-0.2, 0) is 11.0 Å². The SMILES string of the molecule is O=C(O)Nc1nc2c(-c3c(C(F)(F)F)cc4c(N5[C@@H]6CC[C@H]5C(=O)C6)nc(OC[C@@]56CCCN5C[C@H](F)C6)nc4c3F)ccc(F)c2s1. The average Bonchev–Trinajstić information content (AvgIpc) is 3.82. The summed E-state index contributed by atoms with van der Waals surface area (Å²) < 4.78 is 96.5. The zero-order valence-corrected chi connectivity index (χ0v) is 25.7. The maximum Gasteiger partial charge on any atom is 0.417 e. The van der Waals surface area contributed by atoms with Crippen molar-refractivity contribution >= 4 is 55.3 Å². The van der Waals surface area contributed by atoms with E-state index in [0.29, 0.717) is 37.1 Å². The predicted octanol–water partition coefficient (Wildman–Crippen LogP) is 6.56. The fourth-order valence-electron chi connectivity index (χ4n) is 8.00. The van der Waals surface area contributed by atoms with Gasteiger partial charge in [-0.1, -0.05) is 11.3 Å². The summed E-state index contributed by atoms with van der Waals surface area (Å²) in [5.74, 6) is -2.48. The number of aromatic nitrogens is 3. The summed E-state index contributed by atoms with van der Waals surface area (Å²) in [6.45, 7) is 0.894. The van der Waals surface area contributed by atoms with Gasteiger partial charge >= 0.3 is 18.3 Å². The molecule has 0 saturated carbocycles. The molecule has 17 heteroatoms. The van der Waals surface area contributed by atoms with Gasteiger partial charge < -0.3 is 14.7 Å². The number of ether oxygens (including phenoxy) is 1. The Morgan fingerprint density at radius 2 is 1.98 bits per heavy atom. The molecule has 0 aliphatic carbocycles. The van der Waals surface area contributed by atoms with Crippen molar-refractivity contribution in [1.29, 1.82) is 0 Å². The molecular formula is C31H26F6N6O4S. The van der Waals surface area contributed by atoms with Crippen LogP contribution >= 0.6 is 11.3 Å². The van der Waals surface area contributed by atoms with Gasteiger partial charge in [0.05, 0.1) is 27.4 Å². The van der Waals surface area contributed by atoms with Gasteiger partial charge in [-0.3, -0.25) is 15.0 Å². The normalized spacial score (nSPS) is 25.5. The Balaban J connectivity index is 1.34. The Morgan fingerprint density at radius 3 is 2.69 bits per heavy atom. The molecule has 6 heterocycles. The van der Waals surface area contributed by atoms with Gasteiger partial charge in [-0.05, 0) is 50.4 Å². The van der Waals surface area contributed by atoms with Crippen molar-refractivity contribution in [3.05, 3.63) is 35.4 Å². The van der Waals surface area contributed by atoms with E-state index in [4.69, 9.17) is 9.84 Å². The number of rotatable bonds is 6. The second-order valence-electron chi connectivity index (χ2n) is 12.7. The van der Waals surface area contributed by atoms with Gasteiger partial charge in [0.25, 0.3) is 0 Å². The van der Waals surface area contributed by atoms with Gasteiger partial charge in [-0.2, -0.15) is 23.1 Å². The Morgan fingerprint density at radius 1 is 1.17 bits per heavy atom. The summed E-state index contributed by atoms with van der Waals surface area (Å²) in [5, 5.41) is 10.5. The Hall–Kier alpha value is -4.25. The van der Waals surface area contributed by atoms with Crippen molar-refractivity contribution < 1.29 is 45.8 Å². The highest BCUT2D eigenvalue weighted by Crippen LogP contribution is 2.48. The molecule has 4 atom stereocenters. The molecule has 4 aromatic rings. The number of benzene rings is 2. The van der Waals surface area contributed by atoms with Crippen LogP contribution in [0.5, 0.6) is 6.01 Å². The Kier molecular flexibility index (Phi) is 7.04. The number of carbonyl (C=O) groups is 2. The molecule has 252 valence electrons. The topological polar surface area (TPSA) is 121 Å². The number of hydrogen-bond donors (Lipinski definition) is 2. The molecule has 8 rings (SSSR count). The second kappa shape index (κ2) is 10.9. The lowest BCUT2D eigenvalue weighted by molar-refractivity contribution is -0.137. The van der Waals surface area contributed by atoms with Crippen LogP contribution in [0.15, 0.2) is 18.2 Å². The van der Waals surface area contributed by atoms with Crippen LogP contribution in [-0.4, -0.2) is 80.3 Å². The number of nitrogens with one attached hydrogen (secondary N) is 1. The third-order valence-electron chi connectivity index (χ3n) is 9.96. The van der Waals surface area contributed by atoms with E-state index >= 15 is 4.39 Å². The number of carbonyl (C=O) groups excluding carboxylic acids is 1. The number of Topliss-reactive ketones (excluding diaryl/α,β-unsaturated/α-hetero) is 1. The lowest BCUT2D eigenvalue weighted by Gasteiger charge is -2.31. The quantitative estimate of drug-likeness (QED) is 0.217. The number of halogens is 6. The number of fused-ring (bicyclic) bond motifs is 5. The molecule has 2 aromatic carbocycles. The minimum absolute atomic E-state index is 0.0317. The van der Waals surface area contributed by atoms with E-state index in [1.165, 1.54) is 0 Å². The molecule has 0 spiro atoms. The maximum atomic E-state index is 16.9. The molecule has 10 nitrogen and oxygen atoms in total. The first-order chi connectivity index (χ1) is 22.8. The van der Waals surface area contributed by atoms with E-state index in [-0.39, 0.29) is 70.4 Å². The van der Waals surface area contributed by atoms with Crippen LogP contribution in [0.25, 0.3) is 32.2 Å². The van der Waals surface area contributed by atoms with Crippen molar-refractivity contribution in [2.24, 2.45) is 0 Å². The highest BCUT2D eigenvalue weighted by molar-refractivity contribution is 7.22. The van der Waals surface area contributed by atoms with Gasteiger partial charge in [-0.15, -0.1) is 0 Å². The highest BCUT2D eigenvalue weighted by atomic mass is 32.1. The van der Waals surface area contributed by atoms with Crippen molar-refractivity contribution in [2.75, 3.05) is 29.9 Å². The molecule has 0 radical (unpaired) electrons. The number of amides is 1. The largest absolute Gasteiger partial charge is 0.465 e. The number of nitrogens with zero attached hydrogens (tertiary/aromatic N) is 5. The minimum Gasteiger partial charge on any atom is -0.465 e. The number of alkyl halides is 4. The molecule has 4 saturated heterocycles. The number of ketones is 1. The molecule has 1 amide bonds. The summed E-state index contributed by atoms with van der Waals surface area (Å²) in [6.07, 6.45) is -4.82. The molecule has 48 heavy (non-hydrogen) atoms. The molecule has 2 N–H and O–H groups in total. The van der Waals surface area contributed by atoms with Gasteiger partial charge in [0, 0.05) is 41.9 Å². The van der Waals surface area contributed by atoms with E-state index in [0.717, 1.165) is 24.6 Å². The Labute approximate surface area is 271 Å². The third-order valence-corrected chi connectivity index (χ3v) is 10.9. The summed E-state index contributed by atoms with van der Waals surface area (Å²) in [7, 11) is 0. The molecule has 0 unspecified atom stereocenters. The summed E-state index contributed by atoms with van der Waals surface area (Å²) in [5.41, 5.74) is -4.37. The van der Waals surface area contributed by atoms with Crippen LogP contribution in [0.2, 0.25) is 0 Å². The third kappa shape index (κ3) is 4.83. The van der Waals surface area contributed by atoms with Gasteiger partial charge in [0.2, 0.25) is 0 Å². The van der Waals surface area contributed by atoms with Crippen molar-refractivity contribution in [2.45, 2.75) is 68.5 Å². The first-order valence-electron chi connectivity index (χ1n) is 15.4. The number of anilines is 2. The van der Waals surface area contributed by atoms with E-state index < -0.39 is 63.9 Å². The maximum absolute atomic E-state index is 16.9. The second-order valence-corrected chi connectivity index (χ2v) is 13.7. The van der Waals surface area contributed by atoms with E-state index in [1.54, 1.807) is 4.90 Å². The molecular weight excluding hydrogens is 666 g/mol. The Bertz CT molecular complexity index is 2030. The molecule has 2 aromatic heterocycles. The van der Waals surface area contributed by atoms with E-state index in [9.17, 15) is 31.5 Å². The van der Waals surface area contributed by atoms with Crippen LogP contribution in [0, 0.1) is 11.6 Å². The van der Waals surface area contributed by atoms with Crippen LogP contribution in [0.1, 0.15) is 44.1 Å². The van der Waals surface area contributed by atoms with E-state index in [2.05, 4.69) is 15.0 Å². The zero-order chi connectivity index (χ0) is 33.7. The number of hydrogen-bond acceptors (Lipinski definition) is 9. The van der Waals surface area contributed by atoms with Crippen molar-refractivity contribution in [3.8, 4) is 17.1 Å². The monoisotopic (exact) mass is 692 g/mol. The van der Waals surface area contributed by atoms with Crippen molar-refractivity contribution in [1.82, 2.24) is 19.9 Å². The van der Waals surface area contributed by atoms with Gasteiger partial charge in [0.15, 0.2) is 16.7 Å². The number of carboxylic acid groups (broad SMARTS) is 1. The predicted molar refractivity (Wildman–Crippen MR) is 162 cm³/mol. The molecule has 2 bridgehead atoms. The lowest BCUT2D eigenvalue weighted by atomic mass is 9.95. The van der Waals surface area contributed by atoms with Gasteiger partial charge in [-0.25, -0.2) is 22.9 Å². The minimum atomic E-state index is -5.13. The number of thiazole rings is 1. The van der Waals surface area contributed by atoms with Gasteiger partial charge in [0.1, 0.15) is 29.9 Å². The summed E-state index contributed by atoms with van der Waals surface area (Å²) in [6, 6.07) is 1.16. The first-order valence-corrected chi connectivity index (χ1v) is 16.2. The zero-order valence-electron chi connectivity index (χ0n) is 24.9. The fourth-order valence-corrected chi connectivity index (χ4v) is 8.88. The van der Waals surface area contributed by atoms with Crippen molar-refractivity contribution in [3.63, 3.8) is 0 Å². The smallest absolute Gasteiger partial charge is 0.417 e. The van der Waals surface area contributed by atoms with E-state index in [1.807, 2.05) is 10.2 Å². The molecule has 4 fully saturated rings. The summed E-state index contributed by atoms with van der Waals surface area (Å²) >= 11 is 0.542. The first kappa shape index (κ1) is 31.0. The van der Waals surface area contributed by atoms with Crippen LogP contribution in [0.3, 0.4) is 0 Å². The van der Waals surface area contributed by atoms with Crippen LogP contribution < -0.4 is 15.0 Å². The lowest BCUT2D eigenvalue weighted by Crippen LogP contribution is -2.43. The fraction of sp³-hybridized carbons (Fsp3) is 0.452. The van der Waals surface area contributed by atoms with Crippen LogP contribution in [0.4, 0.5) is 42.1 Å². The standard InChI is InChI=1S/C31H26F6N6O4S/c32-13-10-30(6-1-7-42(30)11-13)12-47-27-38-23-16(26(40-27)43-14-2-5-19(43)20(44)8-14)9-17(31(35,36)37)21(22(23)34)15-3-4-18(33)25-24(15)39-28(48-25)41-29(45)46/h3-4,9,13-14,19H,1-2,5-8,10-12H2,(H,39,41)(H,45,46)/t13-,14-,19+,30+/m1/s1.